The Kier molecular flexibility index (Phi) is 1.66. The highest BCUT2D eigenvalue weighted by Crippen LogP contribution is 2.50. The first-order valence-corrected chi connectivity index (χ1v) is 3.66. The summed E-state index contributed by atoms with van der Waals surface area (Å²) in [5.41, 5.74) is -0.582. The Labute approximate surface area is 65.0 Å². The molecule has 1 rings (SSSR count). The van der Waals surface area contributed by atoms with Crippen LogP contribution in [0.15, 0.2) is 0 Å². The molecular formula is C8H11F2N. The molecule has 0 bridgehead atoms. The Morgan fingerprint density at radius 3 is 2.18 bits per heavy atom. The van der Waals surface area contributed by atoms with Crippen molar-refractivity contribution in [1.82, 2.24) is 0 Å². The molecule has 0 amide bonds. The largest absolute Gasteiger partial charge is 0.248 e. The molecule has 3 heteroatoms. The van der Waals surface area contributed by atoms with Crippen LogP contribution in [0.4, 0.5) is 8.78 Å². The van der Waals surface area contributed by atoms with Crippen molar-refractivity contribution in [2.75, 3.05) is 0 Å². The molecule has 0 unspecified atom stereocenters. The standard InChI is InChI=1S/C8H11F2N/c1-7(2,5-11)6-3-8(9,10)4-6/h6H,3-4H2,1-2H3. The molecule has 0 radical (unpaired) electrons. The van der Waals surface area contributed by atoms with E-state index in [2.05, 4.69) is 0 Å². The molecule has 0 heterocycles. The highest BCUT2D eigenvalue weighted by atomic mass is 19.3. The van der Waals surface area contributed by atoms with E-state index in [-0.39, 0.29) is 18.8 Å². The van der Waals surface area contributed by atoms with E-state index in [0.29, 0.717) is 0 Å². The van der Waals surface area contributed by atoms with Gasteiger partial charge in [-0.05, 0) is 19.8 Å². The topological polar surface area (TPSA) is 23.8 Å². The second kappa shape index (κ2) is 2.17. The summed E-state index contributed by atoms with van der Waals surface area (Å²) < 4.78 is 24.7. The first-order chi connectivity index (χ1) is 4.87. The van der Waals surface area contributed by atoms with E-state index < -0.39 is 11.3 Å². The van der Waals surface area contributed by atoms with Crippen LogP contribution in [-0.2, 0) is 0 Å². The smallest absolute Gasteiger partial charge is 0.207 e. The summed E-state index contributed by atoms with van der Waals surface area (Å²) >= 11 is 0. The lowest BCUT2D eigenvalue weighted by atomic mass is 9.66. The molecule has 0 aliphatic heterocycles. The maximum absolute atomic E-state index is 12.3. The van der Waals surface area contributed by atoms with Gasteiger partial charge < -0.3 is 0 Å². The van der Waals surface area contributed by atoms with Gasteiger partial charge in [-0.2, -0.15) is 5.26 Å². The van der Waals surface area contributed by atoms with Crippen LogP contribution in [-0.4, -0.2) is 5.92 Å². The maximum Gasteiger partial charge on any atom is 0.248 e. The fourth-order valence-electron chi connectivity index (χ4n) is 1.26. The summed E-state index contributed by atoms with van der Waals surface area (Å²) in [6.45, 7) is 3.43. The third-order valence-electron chi connectivity index (χ3n) is 2.40. The predicted molar refractivity (Wildman–Crippen MR) is 37.1 cm³/mol. The van der Waals surface area contributed by atoms with Gasteiger partial charge in [-0.15, -0.1) is 0 Å². The second-order valence-electron chi connectivity index (χ2n) is 3.79. The molecule has 0 saturated heterocycles. The number of nitrogens with zero attached hydrogens (tertiary/aromatic N) is 1. The number of halogens is 2. The summed E-state index contributed by atoms with van der Waals surface area (Å²) in [7, 11) is 0. The van der Waals surface area contributed by atoms with Crippen LogP contribution in [0.1, 0.15) is 26.7 Å². The average Bonchev–Trinajstić information content (AvgIpc) is 1.83. The van der Waals surface area contributed by atoms with Crippen molar-refractivity contribution in [1.29, 1.82) is 5.26 Å². The quantitative estimate of drug-likeness (QED) is 0.576. The molecule has 1 aliphatic rings. The van der Waals surface area contributed by atoms with E-state index in [4.69, 9.17) is 5.26 Å². The van der Waals surface area contributed by atoms with E-state index in [1.54, 1.807) is 13.8 Å². The van der Waals surface area contributed by atoms with E-state index in [1.807, 2.05) is 6.07 Å². The zero-order valence-corrected chi connectivity index (χ0v) is 6.69. The summed E-state index contributed by atoms with van der Waals surface area (Å²) in [5.74, 6) is -2.62. The first kappa shape index (κ1) is 8.45. The third kappa shape index (κ3) is 1.50. The molecule has 0 aromatic carbocycles. The normalized spacial score (nSPS) is 23.9. The van der Waals surface area contributed by atoms with Crippen LogP contribution < -0.4 is 0 Å². The molecular weight excluding hydrogens is 148 g/mol. The van der Waals surface area contributed by atoms with Crippen molar-refractivity contribution in [2.45, 2.75) is 32.6 Å². The van der Waals surface area contributed by atoms with E-state index in [0.717, 1.165) is 0 Å². The van der Waals surface area contributed by atoms with E-state index in [1.165, 1.54) is 0 Å². The Morgan fingerprint density at radius 1 is 1.45 bits per heavy atom. The lowest BCUT2D eigenvalue weighted by Gasteiger charge is -2.41. The van der Waals surface area contributed by atoms with Crippen LogP contribution in [0.25, 0.3) is 0 Å². The monoisotopic (exact) mass is 159 g/mol. The van der Waals surface area contributed by atoms with E-state index >= 15 is 0 Å². The zero-order valence-electron chi connectivity index (χ0n) is 6.69. The van der Waals surface area contributed by atoms with Crippen molar-refractivity contribution < 1.29 is 8.78 Å². The lowest BCUT2D eigenvalue weighted by Crippen LogP contribution is -2.42. The first-order valence-electron chi connectivity index (χ1n) is 3.66. The molecule has 0 atom stereocenters. The minimum absolute atomic E-state index is 0.117. The highest BCUT2D eigenvalue weighted by molar-refractivity contribution is 5.04. The number of hydrogen-bond donors (Lipinski definition) is 0. The van der Waals surface area contributed by atoms with Gasteiger partial charge in [-0.25, -0.2) is 8.78 Å². The van der Waals surface area contributed by atoms with Crippen molar-refractivity contribution in [3.63, 3.8) is 0 Å². The van der Waals surface area contributed by atoms with E-state index in [9.17, 15) is 8.78 Å². The molecule has 0 aromatic rings. The fourth-order valence-corrected chi connectivity index (χ4v) is 1.26. The molecule has 0 N–H and O–H groups in total. The van der Waals surface area contributed by atoms with Crippen LogP contribution in [0.2, 0.25) is 0 Å². The summed E-state index contributed by atoms with van der Waals surface area (Å²) in [5, 5.41) is 8.60. The summed E-state index contributed by atoms with van der Waals surface area (Å²) in [4.78, 5) is 0. The van der Waals surface area contributed by atoms with Crippen molar-refractivity contribution in [3.8, 4) is 6.07 Å². The number of hydrogen-bond acceptors (Lipinski definition) is 1. The van der Waals surface area contributed by atoms with Crippen LogP contribution in [0.3, 0.4) is 0 Å². The average molecular weight is 159 g/mol. The Bertz CT molecular complexity index is 195. The van der Waals surface area contributed by atoms with Gasteiger partial charge in [0.1, 0.15) is 0 Å². The molecule has 1 fully saturated rings. The predicted octanol–water partition coefficient (Wildman–Crippen LogP) is 2.58. The van der Waals surface area contributed by atoms with Gasteiger partial charge in [0.25, 0.3) is 0 Å². The van der Waals surface area contributed by atoms with Crippen LogP contribution in [0, 0.1) is 22.7 Å². The van der Waals surface area contributed by atoms with Gasteiger partial charge in [0, 0.05) is 12.8 Å². The fraction of sp³-hybridized carbons (Fsp3) is 0.875. The summed E-state index contributed by atoms with van der Waals surface area (Å²) in [6, 6.07) is 2.05. The van der Waals surface area contributed by atoms with Gasteiger partial charge in [0.15, 0.2) is 0 Å². The molecule has 1 aliphatic carbocycles. The molecule has 1 nitrogen and oxygen atoms in total. The highest BCUT2D eigenvalue weighted by Gasteiger charge is 2.51. The Morgan fingerprint density at radius 2 is 1.91 bits per heavy atom. The van der Waals surface area contributed by atoms with Gasteiger partial charge in [0.2, 0.25) is 5.92 Å². The second-order valence-corrected chi connectivity index (χ2v) is 3.79. The van der Waals surface area contributed by atoms with Crippen molar-refractivity contribution in [3.05, 3.63) is 0 Å². The zero-order chi connectivity index (χ0) is 8.70. The van der Waals surface area contributed by atoms with Gasteiger partial charge in [-0.3, -0.25) is 0 Å². The molecule has 0 spiro atoms. The minimum atomic E-state index is -2.50. The maximum atomic E-state index is 12.3. The minimum Gasteiger partial charge on any atom is -0.207 e. The SMILES string of the molecule is CC(C)(C#N)C1CC(F)(F)C1. The Hall–Kier alpha value is -0.650. The number of alkyl halides is 2. The lowest BCUT2D eigenvalue weighted by molar-refractivity contribution is -0.132. The molecule has 1 saturated carbocycles. The van der Waals surface area contributed by atoms with Crippen LogP contribution in [0.5, 0.6) is 0 Å². The third-order valence-corrected chi connectivity index (χ3v) is 2.40. The van der Waals surface area contributed by atoms with Crippen molar-refractivity contribution >= 4 is 0 Å². The van der Waals surface area contributed by atoms with Crippen LogP contribution >= 0.6 is 0 Å². The van der Waals surface area contributed by atoms with Crippen molar-refractivity contribution in [2.24, 2.45) is 11.3 Å². The number of rotatable bonds is 1. The molecule has 0 aromatic heterocycles. The molecule has 62 valence electrons. The van der Waals surface area contributed by atoms with Gasteiger partial charge in [0.05, 0.1) is 11.5 Å². The Balaban J connectivity index is 2.52. The summed E-state index contributed by atoms with van der Waals surface area (Å²) in [6.07, 6.45) is -0.235. The molecule has 11 heavy (non-hydrogen) atoms. The number of nitriles is 1. The van der Waals surface area contributed by atoms with Gasteiger partial charge in [-0.1, -0.05) is 0 Å². The van der Waals surface area contributed by atoms with Gasteiger partial charge >= 0.3 is 0 Å².